The first-order valence-electron chi connectivity index (χ1n) is 14.4. The third-order valence-corrected chi connectivity index (χ3v) is 12.5. The molecule has 0 amide bonds. The second-order valence-electron chi connectivity index (χ2n) is 15.4. The zero-order valence-corrected chi connectivity index (χ0v) is 23.7. The van der Waals surface area contributed by atoms with Gasteiger partial charge in [-0.05, 0) is 115 Å². The van der Waals surface area contributed by atoms with Crippen molar-refractivity contribution in [3.8, 4) is 0 Å². The summed E-state index contributed by atoms with van der Waals surface area (Å²) in [4.78, 5) is 13.6. The molecule has 0 aromatic rings. The molecule has 0 heterocycles. The Kier molecular flexibility index (Phi) is 6.36. The number of hydrogen-bond donors (Lipinski definition) is 0. The van der Waals surface area contributed by atoms with Gasteiger partial charge in [0.2, 0.25) is 0 Å². The summed E-state index contributed by atoms with van der Waals surface area (Å²) in [5.41, 5.74) is 2.73. The Morgan fingerprint density at radius 1 is 1.00 bits per heavy atom. The SMILES string of the molecule is C[C@H]([C@H](C)CCC(C)(C)C)[C@H]1CC[C@@]2(C)C3=CC(=O)[C@@H]4C[C@H](C)[C@@H](C)C[C@]4(C)C3CC[C@]12C. The van der Waals surface area contributed by atoms with Gasteiger partial charge in [0.25, 0.3) is 0 Å². The number of ketones is 1. The monoisotopic (exact) mass is 454 g/mol. The number of fused-ring (bicyclic) bond motifs is 5. The summed E-state index contributed by atoms with van der Waals surface area (Å²) in [5, 5.41) is 0. The normalized spacial score (nSPS) is 47.3. The highest BCUT2D eigenvalue weighted by molar-refractivity contribution is 5.94. The first kappa shape index (κ1) is 25.5. The molecule has 3 saturated carbocycles. The van der Waals surface area contributed by atoms with Gasteiger partial charge in [-0.1, -0.05) is 74.8 Å². The summed E-state index contributed by atoms with van der Waals surface area (Å²) in [6, 6.07) is 0. The minimum absolute atomic E-state index is 0.182. The Morgan fingerprint density at radius 2 is 1.67 bits per heavy atom. The summed E-state index contributed by atoms with van der Waals surface area (Å²) in [5.74, 6) is 5.09. The highest BCUT2D eigenvalue weighted by atomic mass is 16.1. The number of carbonyl (C=O) groups excluding carboxylic acids is 1. The van der Waals surface area contributed by atoms with Crippen molar-refractivity contribution in [2.75, 3.05) is 0 Å². The molecular formula is C32H54O. The van der Waals surface area contributed by atoms with Crippen molar-refractivity contribution in [1.82, 2.24) is 0 Å². The van der Waals surface area contributed by atoms with Crippen LogP contribution in [0.1, 0.15) is 121 Å². The molecule has 4 rings (SSSR count). The van der Waals surface area contributed by atoms with Crippen LogP contribution in [0.25, 0.3) is 0 Å². The van der Waals surface area contributed by atoms with Gasteiger partial charge in [0.15, 0.2) is 5.78 Å². The van der Waals surface area contributed by atoms with E-state index in [4.69, 9.17) is 0 Å². The van der Waals surface area contributed by atoms with Gasteiger partial charge in [-0.2, -0.15) is 0 Å². The molecule has 4 aliphatic rings. The molecular weight excluding hydrogens is 400 g/mol. The minimum atomic E-state index is 0.182. The molecule has 10 atom stereocenters. The lowest BCUT2D eigenvalue weighted by atomic mass is 9.42. The second-order valence-corrected chi connectivity index (χ2v) is 15.4. The van der Waals surface area contributed by atoms with E-state index in [9.17, 15) is 4.79 Å². The fourth-order valence-electron chi connectivity index (χ4n) is 9.48. The van der Waals surface area contributed by atoms with Crippen LogP contribution in [0.5, 0.6) is 0 Å². The molecule has 0 aliphatic heterocycles. The van der Waals surface area contributed by atoms with Crippen LogP contribution in [-0.4, -0.2) is 5.78 Å². The van der Waals surface area contributed by atoms with E-state index >= 15 is 0 Å². The third-order valence-electron chi connectivity index (χ3n) is 12.5. The fraction of sp³-hybridized carbons (Fsp3) is 0.906. The van der Waals surface area contributed by atoms with E-state index < -0.39 is 0 Å². The molecule has 1 nitrogen and oxygen atoms in total. The summed E-state index contributed by atoms with van der Waals surface area (Å²) in [6.45, 7) is 24.7. The second kappa shape index (κ2) is 8.23. The zero-order valence-electron chi connectivity index (χ0n) is 23.7. The van der Waals surface area contributed by atoms with Crippen LogP contribution >= 0.6 is 0 Å². The van der Waals surface area contributed by atoms with Crippen molar-refractivity contribution in [2.45, 2.75) is 121 Å². The molecule has 1 heteroatoms. The van der Waals surface area contributed by atoms with Crippen molar-refractivity contribution < 1.29 is 4.79 Å². The van der Waals surface area contributed by atoms with Gasteiger partial charge in [0.05, 0.1) is 0 Å². The first-order valence-corrected chi connectivity index (χ1v) is 14.4. The molecule has 0 saturated heterocycles. The lowest BCUT2D eigenvalue weighted by Gasteiger charge is -2.61. The number of carbonyl (C=O) groups is 1. The molecule has 3 fully saturated rings. The Hall–Kier alpha value is -0.590. The Bertz CT molecular complexity index is 800. The van der Waals surface area contributed by atoms with E-state index in [1.807, 2.05) is 0 Å². The van der Waals surface area contributed by atoms with Crippen LogP contribution in [0.3, 0.4) is 0 Å². The van der Waals surface area contributed by atoms with Crippen molar-refractivity contribution in [3.63, 3.8) is 0 Å². The topological polar surface area (TPSA) is 17.1 Å². The molecule has 4 aliphatic carbocycles. The molecule has 0 aromatic heterocycles. The average molecular weight is 455 g/mol. The number of rotatable bonds is 4. The summed E-state index contributed by atoms with van der Waals surface area (Å²) < 4.78 is 0. The van der Waals surface area contributed by atoms with Gasteiger partial charge >= 0.3 is 0 Å². The molecule has 0 spiro atoms. The maximum Gasteiger partial charge on any atom is 0.159 e. The largest absolute Gasteiger partial charge is 0.295 e. The predicted octanol–water partition coefficient (Wildman–Crippen LogP) is 9.12. The maximum absolute atomic E-state index is 13.6. The lowest BCUT2D eigenvalue weighted by Crippen LogP contribution is -2.56. The predicted molar refractivity (Wildman–Crippen MR) is 141 cm³/mol. The molecule has 188 valence electrons. The van der Waals surface area contributed by atoms with E-state index in [0.717, 1.165) is 30.1 Å². The summed E-state index contributed by atoms with van der Waals surface area (Å²) >= 11 is 0. The highest BCUT2D eigenvalue weighted by Gasteiger charge is 2.65. The van der Waals surface area contributed by atoms with E-state index in [2.05, 4.69) is 75.3 Å². The highest BCUT2D eigenvalue weighted by Crippen LogP contribution is 2.72. The quantitative estimate of drug-likeness (QED) is 0.414. The van der Waals surface area contributed by atoms with Gasteiger partial charge in [-0.15, -0.1) is 0 Å². The molecule has 0 N–H and O–H groups in total. The smallest absolute Gasteiger partial charge is 0.159 e. The van der Waals surface area contributed by atoms with Gasteiger partial charge < -0.3 is 0 Å². The number of hydrogen-bond acceptors (Lipinski definition) is 1. The Balaban J connectivity index is 1.62. The minimum Gasteiger partial charge on any atom is -0.295 e. The van der Waals surface area contributed by atoms with Gasteiger partial charge in [0.1, 0.15) is 0 Å². The third kappa shape index (κ3) is 3.91. The molecule has 0 radical (unpaired) electrons. The summed E-state index contributed by atoms with van der Waals surface area (Å²) in [6.07, 6.45) is 12.5. The van der Waals surface area contributed by atoms with Crippen LogP contribution in [0.15, 0.2) is 11.6 Å². The van der Waals surface area contributed by atoms with Crippen molar-refractivity contribution >= 4 is 5.78 Å². The van der Waals surface area contributed by atoms with Crippen LogP contribution in [0, 0.1) is 63.1 Å². The standard InChI is InChI=1S/C32H54O/c1-20(11-14-29(5,6)7)23(4)24-12-15-32(10)26-18-28(33)27-17-21(2)22(3)19-30(27,8)25(26)13-16-31(24,32)9/h18,20-25,27H,11-17,19H2,1-10H3/t20-,21+,22+,23-,24-,25?,27+,30-,31-,32+/m1/s1. The van der Waals surface area contributed by atoms with Crippen LogP contribution in [0.2, 0.25) is 0 Å². The fourth-order valence-corrected chi connectivity index (χ4v) is 9.48. The van der Waals surface area contributed by atoms with E-state index in [-0.39, 0.29) is 16.7 Å². The van der Waals surface area contributed by atoms with Crippen LogP contribution in [-0.2, 0) is 4.79 Å². The molecule has 1 unspecified atom stereocenters. The van der Waals surface area contributed by atoms with Gasteiger partial charge in [-0.25, -0.2) is 0 Å². The van der Waals surface area contributed by atoms with Crippen molar-refractivity contribution in [2.24, 2.45) is 63.1 Å². The van der Waals surface area contributed by atoms with Crippen molar-refractivity contribution in [1.29, 1.82) is 0 Å². The molecule has 0 aromatic carbocycles. The number of allylic oxidation sites excluding steroid dienone is 2. The van der Waals surface area contributed by atoms with Gasteiger partial charge in [0, 0.05) is 5.92 Å². The molecule has 0 bridgehead atoms. The van der Waals surface area contributed by atoms with E-state index in [1.165, 1.54) is 44.9 Å². The average Bonchev–Trinajstić information content (AvgIpc) is 2.99. The first-order chi connectivity index (χ1) is 15.1. The molecule has 33 heavy (non-hydrogen) atoms. The maximum atomic E-state index is 13.6. The Labute approximate surface area is 206 Å². The Morgan fingerprint density at radius 3 is 2.30 bits per heavy atom. The van der Waals surface area contributed by atoms with Crippen LogP contribution in [0.4, 0.5) is 0 Å². The van der Waals surface area contributed by atoms with Crippen molar-refractivity contribution in [3.05, 3.63) is 11.6 Å². The summed E-state index contributed by atoms with van der Waals surface area (Å²) in [7, 11) is 0. The van der Waals surface area contributed by atoms with E-state index in [1.54, 1.807) is 5.57 Å². The van der Waals surface area contributed by atoms with Gasteiger partial charge in [-0.3, -0.25) is 4.79 Å². The van der Waals surface area contributed by atoms with E-state index in [0.29, 0.717) is 28.4 Å². The lowest BCUT2D eigenvalue weighted by molar-refractivity contribution is -0.134. The zero-order chi connectivity index (χ0) is 24.6. The van der Waals surface area contributed by atoms with Crippen LogP contribution < -0.4 is 0 Å².